The van der Waals surface area contributed by atoms with Crippen molar-refractivity contribution >= 4 is 33.3 Å². The Hall–Kier alpha value is -1.83. The maximum absolute atomic E-state index is 14.0. The van der Waals surface area contributed by atoms with Gasteiger partial charge in [-0.05, 0) is 42.0 Å². The van der Waals surface area contributed by atoms with Crippen LogP contribution in [0, 0.1) is 5.92 Å². The van der Waals surface area contributed by atoms with E-state index in [-0.39, 0.29) is 17.7 Å². The normalized spacial score (nSPS) is 19.2. The minimum Gasteiger partial charge on any atom is -0.497 e. The van der Waals surface area contributed by atoms with E-state index in [2.05, 4.69) is 26.0 Å². The maximum atomic E-state index is 14.0. The average Bonchev–Trinajstić information content (AvgIpc) is 3.21. The van der Waals surface area contributed by atoms with Gasteiger partial charge < -0.3 is 9.47 Å². The van der Waals surface area contributed by atoms with Gasteiger partial charge in [-0.15, -0.1) is 11.3 Å². The van der Waals surface area contributed by atoms with Crippen molar-refractivity contribution in [3.05, 3.63) is 50.6 Å². The fourth-order valence-corrected chi connectivity index (χ4v) is 7.17. The molecule has 5 nitrogen and oxygen atoms in total. The standard InChI is InChI=1S/C26H32N2O3S2/c1-16(2)21-13-20-22(14-31-21)33-24-23(20)25(29)28(18-7-5-4-6-8-18)26(27-24)32-15-17-9-11-19(30-3)12-10-17/h9-12,16,18,21H,4-8,13-15H2,1-3H3. The van der Waals surface area contributed by atoms with Gasteiger partial charge in [0.15, 0.2) is 5.16 Å². The average molecular weight is 485 g/mol. The van der Waals surface area contributed by atoms with Crippen LogP contribution in [0.4, 0.5) is 0 Å². The number of fused-ring (bicyclic) bond motifs is 3. The summed E-state index contributed by atoms with van der Waals surface area (Å²) in [6.07, 6.45) is 6.73. The van der Waals surface area contributed by atoms with Gasteiger partial charge in [-0.25, -0.2) is 4.98 Å². The lowest BCUT2D eigenvalue weighted by Gasteiger charge is -2.27. The van der Waals surface area contributed by atoms with E-state index >= 15 is 0 Å². The predicted octanol–water partition coefficient (Wildman–Crippen LogP) is 6.36. The van der Waals surface area contributed by atoms with E-state index in [1.165, 1.54) is 35.3 Å². The van der Waals surface area contributed by atoms with Gasteiger partial charge in [-0.2, -0.15) is 0 Å². The third kappa shape index (κ3) is 4.60. The molecule has 33 heavy (non-hydrogen) atoms. The fraction of sp³-hybridized carbons (Fsp3) is 0.538. The zero-order valence-electron chi connectivity index (χ0n) is 19.6. The fourth-order valence-electron chi connectivity index (χ4n) is 4.98. The highest BCUT2D eigenvalue weighted by Crippen LogP contribution is 2.38. The largest absolute Gasteiger partial charge is 0.497 e. The van der Waals surface area contributed by atoms with Crippen LogP contribution in [0.3, 0.4) is 0 Å². The highest BCUT2D eigenvalue weighted by molar-refractivity contribution is 7.98. The van der Waals surface area contributed by atoms with Crippen molar-refractivity contribution in [2.45, 2.75) is 82.0 Å². The van der Waals surface area contributed by atoms with E-state index in [0.29, 0.717) is 12.5 Å². The maximum Gasteiger partial charge on any atom is 0.263 e. The molecule has 0 N–H and O–H groups in total. The molecule has 1 saturated carbocycles. The van der Waals surface area contributed by atoms with Gasteiger partial charge in [0, 0.05) is 23.1 Å². The smallest absolute Gasteiger partial charge is 0.263 e. The van der Waals surface area contributed by atoms with Gasteiger partial charge in [0.1, 0.15) is 10.6 Å². The molecule has 3 heterocycles. The Morgan fingerprint density at radius 1 is 1.21 bits per heavy atom. The highest BCUT2D eigenvalue weighted by atomic mass is 32.2. The van der Waals surface area contributed by atoms with Crippen LogP contribution in [-0.4, -0.2) is 22.8 Å². The van der Waals surface area contributed by atoms with Gasteiger partial charge in [0.25, 0.3) is 5.56 Å². The molecule has 176 valence electrons. The molecule has 0 saturated heterocycles. The summed E-state index contributed by atoms with van der Waals surface area (Å²) in [5.74, 6) is 2.06. The summed E-state index contributed by atoms with van der Waals surface area (Å²) in [6, 6.07) is 8.39. The Morgan fingerprint density at radius 2 is 1.97 bits per heavy atom. The number of nitrogens with zero attached hydrogens (tertiary/aromatic N) is 2. The van der Waals surface area contributed by atoms with Crippen molar-refractivity contribution in [1.29, 1.82) is 0 Å². The van der Waals surface area contributed by atoms with E-state index in [0.717, 1.165) is 46.1 Å². The molecular weight excluding hydrogens is 452 g/mol. The molecule has 5 rings (SSSR count). The summed E-state index contributed by atoms with van der Waals surface area (Å²) >= 11 is 3.32. The molecule has 1 unspecified atom stereocenters. The molecule has 0 amide bonds. The molecule has 3 aromatic rings. The van der Waals surface area contributed by atoms with Crippen molar-refractivity contribution in [2.24, 2.45) is 5.92 Å². The Kier molecular flexibility index (Phi) is 6.81. The first-order valence-corrected chi connectivity index (χ1v) is 13.8. The zero-order valence-corrected chi connectivity index (χ0v) is 21.3. The number of hydrogen-bond acceptors (Lipinski definition) is 6. The zero-order chi connectivity index (χ0) is 22.9. The molecule has 1 aromatic carbocycles. The van der Waals surface area contributed by atoms with Crippen molar-refractivity contribution in [3.8, 4) is 5.75 Å². The molecule has 0 spiro atoms. The summed E-state index contributed by atoms with van der Waals surface area (Å²) in [5.41, 5.74) is 2.55. The molecule has 1 atom stereocenters. The number of ether oxygens (including phenoxy) is 2. The topological polar surface area (TPSA) is 53.3 Å². The molecule has 2 aromatic heterocycles. The second kappa shape index (κ2) is 9.80. The van der Waals surface area contributed by atoms with Gasteiger partial charge in [0.05, 0.1) is 25.2 Å². The Labute approximate surface area is 203 Å². The number of thioether (sulfide) groups is 1. The van der Waals surface area contributed by atoms with E-state index < -0.39 is 0 Å². The third-order valence-corrected chi connectivity index (χ3v) is 9.08. The van der Waals surface area contributed by atoms with E-state index in [4.69, 9.17) is 14.5 Å². The highest BCUT2D eigenvalue weighted by Gasteiger charge is 2.30. The molecule has 0 radical (unpaired) electrons. The number of methoxy groups -OCH3 is 1. The number of thiophene rings is 1. The van der Waals surface area contributed by atoms with Crippen LogP contribution in [0.2, 0.25) is 0 Å². The minimum atomic E-state index is 0.158. The summed E-state index contributed by atoms with van der Waals surface area (Å²) < 4.78 is 13.4. The Morgan fingerprint density at radius 3 is 2.67 bits per heavy atom. The molecule has 7 heteroatoms. The molecule has 1 fully saturated rings. The summed E-state index contributed by atoms with van der Waals surface area (Å²) in [7, 11) is 1.68. The van der Waals surface area contributed by atoms with Crippen molar-refractivity contribution in [3.63, 3.8) is 0 Å². The van der Waals surface area contributed by atoms with Crippen LogP contribution < -0.4 is 10.3 Å². The van der Waals surface area contributed by atoms with Crippen molar-refractivity contribution < 1.29 is 9.47 Å². The van der Waals surface area contributed by atoms with Crippen molar-refractivity contribution in [2.75, 3.05) is 7.11 Å². The van der Waals surface area contributed by atoms with E-state index in [1.54, 1.807) is 30.2 Å². The first kappa shape index (κ1) is 22.9. The Bertz CT molecular complexity index is 1180. The number of rotatable bonds is 6. The van der Waals surface area contributed by atoms with Gasteiger partial charge in [0.2, 0.25) is 0 Å². The SMILES string of the molecule is COc1ccc(CSc2nc3sc4c(c3c(=O)n2C2CCCCC2)CC(C(C)C)OC4)cc1. The first-order chi connectivity index (χ1) is 16.0. The summed E-state index contributed by atoms with van der Waals surface area (Å²) in [5, 5.41) is 1.71. The van der Waals surface area contributed by atoms with Gasteiger partial charge >= 0.3 is 0 Å². The van der Waals surface area contributed by atoms with Crippen molar-refractivity contribution in [1.82, 2.24) is 9.55 Å². The predicted molar refractivity (Wildman–Crippen MR) is 136 cm³/mol. The van der Waals surface area contributed by atoms with Gasteiger partial charge in [-0.1, -0.05) is 57.0 Å². The van der Waals surface area contributed by atoms with Crippen LogP contribution in [0.25, 0.3) is 10.2 Å². The van der Waals surface area contributed by atoms with E-state index in [1.807, 2.05) is 16.7 Å². The summed E-state index contributed by atoms with van der Waals surface area (Å²) in [4.78, 5) is 21.2. The molecule has 1 aliphatic carbocycles. The molecule has 0 bridgehead atoms. The van der Waals surface area contributed by atoms with Crippen LogP contribution >= 0.6 is 23.1 Å². The first-order valence-electron chi connectivity index (χ1n) is 12.0. The Balaban J connectivity index is 1.55. The second-order valence-electron chi connectivity index (χ2n) is 9.48. The number of benzene rings is 1. The summed E-state index contributed by atoms with van der Waals surface area (Å²) in [6.45, 7) is 4.98. The minimum absolute atomic E-state index is 0.158. The second-order valence-corrected chi connectivity index (χ2v) is 11.5. The third-order valence-electron chi connectivity index (χ3n) is 6.95. The van der Waals surface area contributed by atoms with Crippen LogP contribution in [0.15, 0.2) is 34.2 Å². The molecule has 1 aliphatic heterocycles. The molecular formula is C26H32N2O3S2. The lowest BCUT2D eigenvalue weighted by molar-refractivity contribution is 0.00200. The van der Waals surface area contributed by atoms with Crippen LogP contribution in [-0.2, 0) is 23.5 Å². The van der Waals surface area contributed by atoms with E-state index in [9.17, 15) is 4.79 Å². The lowest BCUT2D eigenvalue weighted by atomic mass is 9.94. The molecule has 2 aliphatic rings. The quantitative estimate of drug-likeness (QED) is 0.301. The van der Waals surface area contributed by atoms with Crippen LogP contribution in [0.1, 0.15) is 68.0 Å². The number of aromatic nitrogens is 2. The van der Waals surface area contributed by atoms with Gasteiger partial charge in [-0.3, -0.25) is 9.36 Å². The monoisotopic (exact) mass is 484 g/mol. The van der Waals surface area contributed by atoms with Crippen LogP contribution in [0.5, 0.6) is 5.75 Å². The number of hydrogen-bond donors (Lipinski definition) is 0. The lowest BCUT2D eigenvalue weighted by Crippen LogP contribution is -2.31.